The number of carbonyl (C=O) groups is 1. The topological polar surface area (TPSA) is 95.4 Å². The zero-order valence-corrected chi connectivity index (χ0v) is 11.7. The number of hydrogen-bond donors (Lipinski definition) is 3. The molecule has 3 N–H and O–H groups in total. The maximum Gasteiger partial charge on any atom is 0.353 e. The van der Waals surface area contributed by atoms with E-state index in [0.29, 0.717) is 11.4 Å². The molecule has 0 atom stereocenters. The highest BCUT2D eigenvalue weighted by atomic mass is 35.5. The lowest BCUT2D eigenvalue weighted by Gasteiger charge is -2.12. The number of benzene rings is 1. The molecule has 0 aliphatic heterocycles. The Hall–Kier alpha value is -2.21. The van der Waals surface area contributed by atoms with Crippen LogP contribution in [0.15, 0.2) is 12.1 Å². The third-order valence-corrected chi connectivity index (χ3v) is 3.37. The highest BCUT2D eigenvalue weighted by Gasteiger charge is 2.21. The SMILES string of the molecule is CCc1cc(OC)c(O)c(-c2cc(C(=O)O)[nH]n2)c1Cl. The van der Waals surface area contributed by atoms with Crippen LogP contribution in [-0.2, 0) is 6.42 Å². The standard InChI is InChI=1S/C13H13ClN2O4/c1-3-6-4-9(20-2)12(17)10(11(6)14)7-5-8(13(18)19)16-15-7/h4-5,17H,3H2,1-2H3,(H,15,16)(H,18,19). The quantitative estimate of drug-likeness (QED) is 0.806. The number of H-pyrrole nitrogens is 1. The molecule has 1 heterocycles. The molecular weight excluding hydrogens is 284 g/mol. The summed E-state index contributed by atoms with van der Waals surface area (Å²) in [6.45, 7) is 1.91. The minimum atomic E-state index is -1.14. The van der Waals surface area contributed by atoms with E-state index >= 15 is 0 Å². The summed E-state index contributed by atoms with van der Waals surface area (Å²) in [6, 6.07) is 2.95. The molecule has 6 nitrogen and oxygen atoms in total. The monoisotopic (exact) mass is 296 g/mol. The number of nitrogens with zero attached hydrogens (tertiary/aromatic N) is 1. The Morgan fingerprint density at radius 1 is 1.50 bits per heavy atom. The van der Waals surface area contributed by atoms with Gasteiger partial charge in [0.2, 0.25) is 0 Å². The molecule has 0 saturated heterocycles. The van der Waals surface area contributed by atoms with Crippen LogP contribution in [0.4, 0.5) is 0 Å². The van der Waals surface area contributed by atoms with E-state index in [9.17, 15) is 9.90 Å². The Labute approximate surface area is 120 Å². The first-order valence-electron chi connectivity index (χ1n) is 5.87. The molecule has 0 amide bonds. The fraction of sp³-hybridized carbons (Fsp3) is 0.231. The van der Waals surface area contributed by atoms with Crippen molar-refractivity contribution in [3.63, 3.8) is 0 Å². The Bertz CT molecular complexity index is 638. The number of halogens is 1. The third-order valence-electron chi connectivity index (χ3n) is 2.94. The molecule has 0 unspecified atom stereocenters. The van der Waals surface area contributed by atoms with E-state index in [1.54, 1.807) is 6.07 Å². The summed E-state index contributed by atoms with van der Waals surface area (Å²) in [5.41, 5.74) is 1.19. The maximum atomic E-state index is 10.9. The van der Waals surface area contributed by atoms with E-state index in [4.69, 9.17) is 21.4 Å². The molecular formula is C13H13ClN2O4. The van der Waals surface area contributed by atoms with E-state index in [1.807, 2.05) is 6.92 Å². The van der Waals surface area contributed by atoms with Gasteiger partial charge < -0.3 is 14.9 Å². The summed E-state index contributed by atoms with van der Waals surface area (Å²) >= 11 is 6.25. The number of phenolic OH excluding ortho intramolecular Hbond substituents is 1. The zero-order valence-electron chi connectivity index (χ0n) is 10.9. The molecule has 20 heavy (non-hydrogen) atoms. The van der Waals surface area contributed by atoms with Crippen molar-refractivity contribution in [3.05, 3.63) is 28.4 Å². The fourth-order valence-corrected chi connectivity index (χ4v) is 2.26. The van der Waals surface area contributed by atoms with Crippen molar-refractivity contribution in [1.82, 2.24) is 10.2 Å². The highest BCUT2D eigenvalue weighted by Crippen LogP contribution is 2.43. The second kappa shape index (κ2) is 5.42. The van der Waals surface area contributed by atoms with E-state index < -0.39 is 5.97 Å². The number of aromatic carboxylic acids is 1. The molecule has 0 fully saturated rings. The number of aromatic nitrogens is 2. The molecule has 0 radical (unpaired) electrons. The minimum absolute atomic E-state index is 0.0867. The van der Waals surface area contributed by atoms with Gasteiger partial charge in [-0.25, -0.2) is 4.79 Å². The summed E-state index contributed by atoms with van der Waals surface area (Å²) in [7, 11) is 1.43. The normalized spacial score (nSPS) is 10.6. The Balaban J connectivity index is 2.67. The predicted molar refractivity (Wildman–Crippen MR) is 73.6 cm³/mol. The number of nitrogens with one attached hydrogen (secondary N) is 1. The van der Waals surface area contributed by atoms with Crippen LogP contribution in [0.1, 0.15) is 23.0 Å². The second-order valence-corrected chi connectivity index (χ2v) is 4.48. The first-order valence-corrected chi connectivity index (χ1v) is 6.24. The van der Waals surface area contributed by atoms with Crippen molar-refractivity contribution in [2.45, 2.75) is 13.3 Å². The largest absolute Gasteiger partial charge is 0.504 e. The van der Waals surface area contributed by atoms with Crippen molar-refractivity contribution in [3.8, 4) is 22.8 Å². The number of carboxylic acids is 1. The summed E-state index contributed by atoms with van der Waals surface area (Å²) in [5, 5.41) is 25.6. The number of carboxylic acid groups (broad SMARTS) is 1. The fourth-order valence-electron chi connectivity index (χ4n) is 1.88. The first kappa shape index (κ1) is 14.2. The molecule has 0 aliphatic rings. The van der Waals surface area contributed by atoms with Crippen molar-refractivity contribution in [1.29, 1.82) is 0 Å². The van der Waals surface area contributed by atoms with Gasteiger partial charge in [-0.1, -0.05) is 18.5 Å². The smallest absolute Gasteiger partial charge is 0.353 e. The lowest BCUT2D eigenvalue weighted by atomic mass is 10.0. The molecule has 0 aliphatic carbocycles. The van der Waals surface area contributed by atoms with Crippen molar-refractivity contribution < 1.29 is 19.7 Å². The molecule has 0 saturated carbocycles. The van der Waals surface area contributed by atoms with Crippen LogP contribution in [0.3, 0.4) is 0 Å². The van der Waals surface area contributed by atoms with Crippen molar-refractivity contribution in [2.75, 3.05) is 7.11 Å². The summed E-state index contributed by atoms with van der Waals surface area (Å²) in [5.74, 6) is -1.04. The summed E-state index contributed by atoms with van der Waals surface area (Å²) in [4.78, 5) is 10.9. The van der Waals surface area contributed by atoms with Crippen LogP contribution >= 0.6 is 11.6 Å². The lowest BCUT2D eigenvalue weighted by Crippen LogP contribution is -1.95. The van der Waals surface area contributed by atoms with Crippen LogP contribution in [0, 0.1) is 0 Å². The van der Waals surface area contributed by atoms with E-state index in [0.717, 1.165) is 5.56 Å². The van der Waals surface area contributed by atoms with Gasteiger partial charge >= 0.3 is 5.97 Å². The highest BCUT2D eigenvalue weighted by molar-refractivity contribution is 6.34. The van der Waals surface area contributed by atoms with Gasteiger partial charge in [0.25, 0.3) is 0 Å². The molecule has 1 aromatic heterocycles. The first-order chi connectivity index (χ1) is 9.49. The van der Waals surface area contributed by atoms with Crippen LogP contribution < -0.4 is 4.74 Å². The van der Waals surface area contributed by atoms with E-state index in [2.05, 4.69) is 10.2 Å². The van der Waals surface area contributed by atoms with Crippen LogP contribution in [-0.4, -0.2) is 33.5 Å². The lowest BCUT2D eigenvalue weighted by molar-refractivity contribution is 0.0690. The van der Waals surface area contributed by atoms with Crippen LogP contribution in [0.5, 0.6) is 11.5 Å². The predicted octanol–water partition coefficient (Wildman–Crippen LogP) is 2.70. The van der Waals surface area contributed by atoms with Crippen LogP contribution in [0.2, 0.25) is 5.02 Å². The van der Waals surface area contributed by atoms with E-state index in [1.165, 1.54) is 13.2 Å². The summed E-state index contributed by atoms with van der Waals surface area (Å²) < 4.78 is 5.10. The molecule has 0 bridgehead atoms. The maximum absolute atomic E-state index is 10.9. The van der Waals surface area contributed by atoms with Gasteiger partial charge in [-0.2, -0.15) is 5.10 Å². The number of ether oxygens (including phenoxy) is 1. The number of aromatic amines is 1. The molecule has 0 spiro atoms. The number of hydrogen-bond acceptors (Lipinski definition) is 4. The molecule has 2 rings (SSSR count). The number of aryl methyl sites for hydroxylation is 1. The second-order valence-electron chi connectivity index (χ2n) is 4.10. The molecule has 106 valence electrons. The van der Waals surface area contributed by atoms with Gasteiger partial charge in [-0.15, -0.1) is 0 Å². The van der Waals surface area contributed by atoms with E-state index in [-0.39, 0.29) is 28.5 Å². The number of methoxy groups -OCH3 is 1. The van der Waals surface area contributed by atoms with Gasteiger partial charge in [-0.3, -0.25) is 5.10 Å². The number of rotatable bonds is 4. The Morgan fingerprint density at radius 2 is 2.20 bits per heavy atom. The Morgan fingerprint density at radius 3 is 2.70 bits per heavy atom. The van der Waals surface area contributed by atoms with Gasteiger partial charge in [0.15, 0.2) is 11.5 Å². The van der Waals surface area contributed by atoms with Gasteiger partial charge in [0.1, 0.15) is 5.69 Å². The van der Waals surface area contributed by atoms with Gasteiger partial charge in [-0.05, 0) is 24.1 Å². The molecule has 1 aromatic carbocycles. The average molecular weight is 297 g/mol. The zero-order chi connectivity index (χ0) is 14.9. The third kappa shape index (κ3) is 2.30. The van der Waals surface area contributed by atoms with Crippen molar-refractivity contribution >= 4 is 17.6 Å². The molecule has 7 heteroatoms. The summed E-state index contributed by atoms with van der Waals surface area (Å²) in [6.07, 6.45) is 0.638. The minimum Gasteiger partial charge on any atom is -0.504 e. The Kier molecular flexibility index (Phi) is 3.85. The number of aromatic hydroxyl groups is 1. The van der Waals surface area contributed by atoms with Crippen molar-refractivity contribution in [2.24, 2.45) is 0 Å². The molecule has 2 aromatic rings. The van der Waals surface area contributed by atoms with Crippen LogP contribution in [0.25, 0.3) is 11.3 Å². The number of phenols is 1. The average Bonchev–Trinajstić information content (AvgIpc) is 2.89. The van der Waals surface area contributed by atoms with Gasteiger partial charge in [0.05, 0.1) is 23.4 Å². The van der Waals surface area contributed by atoms with Gasteiger partial charge in [0, 0.05) is 0 Å².